The van der Waals surface area contributed by atoms with E-state index in [0.717, 1.165) is 26.6 Å². The van der Waals surface area contributed by atoms with Crippen LogP contribution < -0.4 is 10.1 Å². The van der Waals surface area contributed by atoms with Gasteiger partial charge in [0.1, 0.15) is 23.7 Å². The van der Waals surface area contributed by atoms with Crippen LogP contribution in [0, 0.1) is 11.3 Å². The van der Waals surface area contributed by atoms with E-state index >= 15 is 0 Å². The molecular formula is C24H28N2O5S. The van der Waals surface area contributed by atoms with Crippen LogP contribution in [0.4, 0.5) is 4.79 Å². The van der Waals surface area contributed by atoms with Crippen LogP contribution in [0.5, 0.6) is 5.75 Å². The Morgan fingerprint density at radius 1 is 1.31 bits per heavy atom. The number of fused-ring (bicyclic) bond motifs is 1. The van der Waals surface area contributed by atoms with E-state index in [-0.39, 0.29) is 18.3 Å². The molecule has 3 rings (SSSR count). The van der Waals surface area contributed by atoms with E-state index in [1.807, 2.05) is 24.3 Å². The number of aryl methyl sites for hydroxylation is 1. The summed E-state index contributed by atoms with van der Waals surface area (Å²) in [5.41, 5.74) is 2.68. The van der Waals surface area contributed by atoms with Gasteiger partial charge in [-0.3, -0.25) is 4.79 Å². The molecule has 8 heteroatoms. The summed E-state index contributed by atoms with van der Waals surface area (Å²) in [5, 5.41) is 12.4. The maximum Gasteiger partial charge on any atom is 0.407 e. The number of amides is 1. The quantitative estimate of drug-likeness (QED) is 0.549. The van der Waals surface area contributed by atoms with E-state index in [1.165, 1.54) is 11.3 Å². The van der Waals surface area contributed by atoms with Gasteiger partial charge in [0.2, 0.25) is 0 Å². The lowest BCUT2D eigenvalue weighted by molar-refractivity contribution is -0.118. The van der Waals surface area contributed by atoms with Crippen molar-refractivity contribution in [1.82, 2.24) is 5.32 Å². The van der Waals surface area contributed by atoms with Gasteiger partial charge in [-0.05, 0) is 42.5 Å². The largest absolute Gasteiger partial charge is 0.497 e. The second-order valence-corrected chi connectivity index (χ2v) is 8.86. The molecule has 1 aliphatic carbocycles. The van der Waals surface area contributed by atoms with E-state index in [1.54, 1.807) is 14.2 Å². The highest BCUT2D eigenvalue weighted by molar-refractivity contribution is 7.12. The molecule has 1 unspecified atom stereocenters. The number of carbonyl (C=O) groups is 2. The Labute approximate surface area is 192 Å². The van der Waals surface area contributed by atoms with Crippen molar-refractivity contribution < 1.29 is 23.8 Å². The first-order valence-electron chi connectivity index (χ1n) is 10.7. The highest BCUT2D eigenvalue weighted by atomic mass is 32.1. The number of ketones is 1. The van der Waals surface area contributed by atoms with Crippen molar-refractivity contribution in [2.45, 2.75) is 44.6 Å². The number of hydrogen-bond donors (Lipinski definition) is 1. The summed E-state index contributed by atoms with van der Waals surface area (Å²) in [6, 6.07) is 10.00. The van der Waals surface area contributed by atoms with Gasteiger partial charge in [0.25, 0.3) is 0 Å². The summed E-state index contributed by atoms with van der Waals surface area (Å²) >= 11 is 1.50. The maximum atomic E-state index is 12.6. The van der Waals surface area contributed by atoms with Crippen LogP contribution in [0.1, 0.15) is 39.3 Å². The first-order chi connectivity index (χ1) is 15.5. The number of benzene rings is 1. The third-order valence-corrected chi connectivity index (χ3v) is 6.69. The number of nitriles is 1. The molecule has 1 N–H and O–H groups in total. The van der Waals surface area contributed by atoms with Crippen molar-refractivity contribution in [3.8, 4) is 11.8 Å². The van der Waals surface area contributed by atoms with Crippen LogP contribution in [-0.2, 0) is 40.0 Å². The molecule has 1 amide bonds. The number of hydrogen-bond acceptors (Lipinski definition) is 7. The second-order valence-electron chi connectivity index (χ2n) is 7.67. The SMILES string of the molecule is COCCNC(=O)OC1CCc2c(sc(CC(=O)CCc3cccc(OC)c3)c2C#N)C1. The zero-order valence-corrected chi connectivity index (χ0v) is 19.3. The van der Waals surface area contributed by atoms with E-state index in [4.69, 9.17) is 14.2 Å². The van der Waals surface area contributed by atoms with Crippen LogP contribution in [0.3, 0.4) is 0 Å². The normalized spacial score (nSPS) is 14.8. The molecule has 2 aromatic rings. The Morgan fingerprint density at radius 2 is 2.16 bits per heavy atom. The average Bonchev–Trinajstić information content (AvgIpc) is 3.14. The van der Waals surface area contributed by atoms with Crippen LogP contribution in [-0.4, -0.2) is 45.4 Å². The van der Waals surface area contributed by atoms with Crippen molar-refractivity contribution in [1.29, 1.82) is 5.26 Å². The molecule has 0 aliphatic heterocycles. The molecule has 1 heterocycles. The molecule has 1 aromatic carbocycles. The lowest BCUT2D eigenvalue weighted by Gasteiger charge is -2.22. The summed E-state index contributed by atoms with van der Waals surface area (Å²) in [6.45, 7) is 0.822. The molecule has 1 aromatic heterocycles. The number of alkyl carbamates (subject to hydrolysis) is 1. The molecule has 1 aliphatic rings. The van der Waals surface area contributed by atoms with Crippen molar-refractivity contribution >= 4 is 23.2 Å². The number of thiophene rings is 1. The lowest BCUT2D eigenvalue weighted by atomic mass is 9.92. The molecule has 7 nitrogen and oxygen atoms in total. The summed E-state index contributed by atoms with van der Waals surface area (Å²) < 4.78 is 15.6. The Morgan fingerprint density at radius 3 is 2.91 bits per heavy atom. The number of nitrogens with zero attached hydrogens (tertiary/aromatic N) is 1. The second kappa shape index (κ2) is 11.7. The summed E-state index contributed by atoms with van der Waals surface area (Å²) in [5.74, 6) is 0.880. The van der Waals surface area contributed by atoms with Crippen molar-refractivity contribution in [3.63, 3.8) is 0 Å². The van der Waals surface area contributed by atoms with Crippen LogP contribution in [0.15, 0.2) is 24.3 Å². The molecule has 170 valence electrons. The average molecular weight is 457 g/mol. The number of nitrogens with one attached hydrogen (secondary N) is 1. The van der Waals surface area contributed by atoms with Gasteiger partial charge in [-0.15, -0.1) is 11.3 Å². The van der Waals surface area contributed by atoms with Gasteiger partial charge in [0.05, 0.1) is 19.3 Å². The highest BCUT2D eigenvalue weighted by Gasteiger charge is 2.28. The van der Waals surface area contributed by atoms with Gasteiger partial charge in [-0.25, -0.2) is 4.79 Å². The van der Waals surface area contributed by atoms with Crippen molar-refractivity contribution in [2.75, 3.05) is 27.4 Å². The van der Waals surface area contributed by atoms with Crippen molar-refractivity contribution in [2.24, 2.45) is 0 Å². The maximum absolute atomic E-state index is 12.6. The smallest absolute Gasteiger partial charge is 0.407 e. The van der Waals surface area contributed by atoms with Crippen LogP contribution in [0.25, 0.3) is 0 Å². The van der Waals surface area contributed by atoms with Gasteiger partial charge in [0.15, 0.2) is 0 Å². The third-order valence-electron chi connectivity index (χ3n) is 5.44. The van der Waals surface area contributed by atoms with Gasteiger partial charge in [-0.1, -0.05) is 12.1 Å². The summed E-state index contributed by atoms with van der Waals surface area (Å²) in [6.07, 6.45) is 2.53. The zero-order valence-electron chi connectivity index (χ0n) is 18.4. The molecular weight excluding hydrogens is 428 g/mol. The molecule has 0 saturated carbocycles. The molecule has 0 saturated heterocycles. The standard InChI is InChI=1S/C24H28N2O5S/c1-29-11-10-26-24(28)31-19-8-9-20-21(15-25)22(32-23(20)14-19)13-17(27)7-6-16-4-3-5-18(12-16)30-2/h3-5,12,19H,6-11,13-14H2,1-2H3,(H,26,28). The van der Waals surface area contributed by atoms with E-state index in [9.17, 15) is 14.9 Å². The molecule has 0 fully saturated rings. The fourth-order valence-corrected chi connectivity index (χ4v) is 5.19. The molecule has 32 heavy (non-hydrogen) atoms. The highest BCUT2D eigenvalue weighted by Crippen LogP contribution is 2.35. The van der Waals surface area contributed by atoms with E-state index in [2.05, 4.69) is 11.4 Å². The number of rotatable bonds is 10. The number of ether oxygens (including phenoxy) is 3. The summed E-state index contributed by atoms with van der Waals surface area (Å²) in [7, 11) is 3.19. The lowest BCUT2D eigenvalue weighted by Crippen LogP contribution is -2.33. The minimum atomic E-state index is -0.458. The minimum absolute atomic E-state index is 0.105. The molecule has 0 bridgehead atoms. The first kappa shape index (κ1) is 23.8. The third kappa shape index (κ3) is 6.31. The molecule has 0 spiro atoms. The van der Waals surface area contributed by atoms with Crippen molar-refractivity contribution in [3.05, 3.63) is 50.7 Å². The predicted molar refractivity (Wildman–Crippen MR) is 121 cm³/mol. The Bertz CT molecular complexity index is 995. The summed E-state index contributed by atoms with van der Waals surface area (Å²) in [4.78, 5) is 26.4. The predicted octanol–water partition coefficient (Wildman–Crippen LogP) is 3.60. The van der Waals surface area contributed by atoms with Gasteiger partial charge in [0, 0.05) is 42.7 Å². The minimum Gasteiger partial charge on any atom is -0.497 e. The zero-order chi connectivity index (χ0) is 22.9. The fourth-order valence-electron chi connectivity index (χ4n) is 3.79. The number of Topliss-reactive ketones (excluding diaryl/α,β-unsaturated/α-hetero) is 1. The Balaban J connectivity index is 1.58. The van der Waals surface area contributed by atoms with E-state index < -0.39 is 6.09 Å². The van der Waals surface area contributed by atoms with E-state index in [0.29, 0.717) is 50.8 Å². The number of carbonyl (C=O) groups excluding carboxylic acids is 2. The van der Waals surface area contributed by atoms with Gasteiger partial charge >= 0.3 is 6.09 Å². The Kier molecular flexibility index (Phi) is 8.65. The topological polar surface area (TPSA) is 97.7 Å². The van der Waals surface area contributed by atoms with Gasteiger partial charge in [-0.2, -0.15) is 5.26 Å². The fraction of sp³-hybridized carbons (Fsp3) is 0.458. The van der Waals surface area contributed by atoms with Gasteiger partial charge < -0.3 is 19.5 Å². The number of methoxy groups -OCH3 is 2. The first-order valence-corrected chi connectivity index (χ1v) is 11.5. The molecule has 1 atom stereocenters. The van der Waals surface area contributed by atoms with Crippen LogP contribution in [0.2, 0.25) is 0 Å². The monoisotopic (exact) mass is 456 g/mol. The molecule has 0 radical (unpaired) electrons. The van der Waals surface area contributed by atoms with Crippen LogP contribution >= 0.6 is 11.3 Å². The Hall–Kier alpha value is -2.89.